The maximum atomic E-state index is 9.11. The SMILES string of the molecule is COCCNCc1ccc(Oc2cccc(CO)c2)cc1. The van der Waals surface area contributed by atoms with Crippen molar-refractivity contribution in [3.63, 3.8) is 0 Å². The van der Waals surface area contributed by atoms with Gasteiger partial charge in [-0.25, -0.2) is 0 Å². The van der Waals surface area contributed by atoms with Gasteiger partial charge >= 0.3 is 0 Å². The van der Waals surface area contributed by atoms with Crippen LogP contribution in [0.2, 0.25) is 0 Å². The first kappa shape index (κ1) is 15.5. The predicted octanol–water partition coefficient (Wildman–Crippen LogP) is 2.71. The average Bonchev–Trinajstić information content (AvgIpc) is 2.53. The van der Waals surface area contributed by atoms with E-state index in [4.69, 9.17) is 14.6 Å². The van der Waals surface area contributed by atoms with Crippen LogP contribution in [0, 0.1) is 0 Å². The molecule has 0 unspecified atom stereocenters. The highest BCUT2D eigenvalue weighted by molar-refractivity contribution is 5.35. The predicted molar refractivity (Wildman–Crippen MR) is 82.5 cm³/mol. The van der Waals surface area contributed by atoms with Gasteiger partial charge in [0.15, 0.2) is 0 Å². The lowest BCUT2D eigenvalue weighted by atomic mass is 10.2. The second-order valence-corrected chi connectivity index (χ2v) is 4.72. The topological polar surface area (TPSA) is 50.7 Å². The Kier molecular flexibility index (Phi) is 6.22. The first-order chi connectivity index (χ1) is 10.3. The zero-order chi connectivity index (χ0) is 14.9. The van der Waals surface area contributed by atoms with Crippen LogP contribution in [0.4, 0.5) is 0 Å². The minimum Gasteiger partial charge on any atom is -0.457 e. The quantitative estimate of drug-likeness (QED) is 0.733. The van der Waals surface area contributed by atoms with E-state index in [1.807, 2.05) is 48.5 Å². The molecule has 0 heterocycles. The number of hydrogen-bond donors (Lipinski definition) is 2. The first-order valence-electron chi connectivity index (χ1n) is 6.98. The highest BCUT2D eigenvalue weighted by Crippen LogP contribution is 2.22. The number of rotatable bonds is 8. The van der Waals surface area contributed by atoms with Gasteiger partial charge in [-0.2, -0.15) is 0 Å². The molecule has 4 heteroatoms. The fourth-order valence-corrected chi connectivity index (χ4v) is 1.93. The third-order valence-corrected chi connectivity index (χ3v) is 3.05. The summed E-state index contributed by atoms with van der Waals surface area (Å²) in [7, 11) is 1.69. The van der Waals surface area contributed by atoms with Gasteiger partial charge in [0, 0.05) is 20.2 Å². The molecular weight excluding hydrogens is 266 g/mol. The molecule has 112 valence electrons. The number of aliphatic hydroxyl groups excluding tert-OH is 1. The van der Waals surface area contributed by atoms with Gasteiger partial charge in [0.25, 0.3) is 0 Å². The number of benzene rings is 2. The van der Waals surface area contributed by atoms with Gasteiger partial charge in [0.2, 0.25) is 0 Å². The van der Waals surface area contributed by atoms with Gasteiger partial charge in [0.05, 0.1) is 13.2 Å². The summed E-state index contributed by atoms with van der Waals surface area (Å²) in [5.41, 5.74) is 2.04. The molecule has 21 heavy (non-hydrogen) atoms. The smallest absolute Gasteiger partial charge is 0.127 e. The zero-order valence-corrected chi connectivity index (χ0v) is 12.2. The van der Waals surface area contributed by atoms with Gasteiger partial charge in [-0.05, 0) is 35.4 Å². The van der Waals surface area contributed by atoms with Crippen molar-refractivity contribution in [3.8, 4) is 11.5 Å². The highest BCUT2D eigenvalue weighted by atomic mass is 16.5. The Hall–Kier alpha value is -1.88. The second-order valence-electron chi connectivity index (χ2n) is 4.72. The largest absolute Gasteiger partial charge is 0.457 e. The van der Waals surface area contributed by atoms with Crippen molar-refractivity contribution < 1.29 is 14.6 Å². The molecule has 4 nitrogen and oxygen atoms in total. The lowest BCUT2D eigenvalue weighted by molar-refractivity contribution is 0.199. The number of nitrogens with one attached hydrogen (secondary N) is 1. The van der Waals surface area contributed by atoms with Crippen LogP contribution in [0.1, 0.15) is 11.1 Å². The van der Waals surface area contributed by atoms with Crippen molar-refractivity contribution in [2.75, 3.05) is 20.3 Å². The van der Waals surface area contributed by atoms with E-state index in [9.17, 15) is 0 Å². The summed E-state index contributed by atoms with van der Waals surface area (Å²) < 4.78 is 10.8. The van der Waals surface area contributed by atoms with Crippen molar-refractivity contribution in [2.24, 2.45) is 0 Å². The molecule has 0 spiro atoms. The maximum absolute atomic E-state index is 9.11. The summed E-state index contributed by atoms with van der Waals surface area (Å²) in [6.45, 7) is 2.37. The molecule has 0 atom stereocenters. The van der Waals surface area contributed by atoms with Crippen molar-refractivity contribution in [2.45, 2.75) is 13.2 Å². The van der Waals surface area contributed by atoms with E-state index in [0.717, 1.165) is 30.2 Å². The Labute approximate surface area is 125 Å². The molecule has 0 aromatic heterocycles. The highest BCUT2D eigenvalue weighted by Gasteiger charge is 1.99. The van der Waals surface area contributed by atoms with E-state index in [-0.39, 0.29) is 6.61 Å². The van der Waals surface area contributed by atoms with Crippen LogP contribution in [0.3, 0.4) is 0 Å². The lowest BCUT2D eigenvalue weighted by Gasteiger charge is -2.08. The summed E-state index contributed by atoms with van der Waals surface area (Å²) in [4.78, 5) is 0. The van der Waals surface area contributed by atoms with Crippen LogP contribution >= 0.6 is 0 Å². The summed E-state index contributed by atoms with van der Waals surface area (Å²) in [5.74, 6) is 1.51. The summed E-state index contributed by atoms with van der Waals surface area (Å²) in [6.07, 6.45) is 0. The molecular formula is C17H21NO3. The molecule has 2 N–H and O–H groups in total. The number of hydrogen-bond acceptors (Lipinski definition) is 4. The minimum absolute atomic E-state index is 0.0171. The monoisotopic (exact) mass is 287 g/mol. The van der Waals surface area contributed by atoms with Crippen LogP contribution < -0.4 is 10.1 Å². The van der Waals surface area contributed by atoms with Crippen molar-refractivity contribution >= 4 is 0 Å². The molecule has 0 saturated carbocycles. The summed E-state index contributed by atoms with van der Waals surface area (Å²) >= 11 is 0. The van der Waals surface area contributed by atoms with Crippen LogP contribution in [0.15, 0.2) is 48.5 Å². The van der Waals surface area contributed by atoms with Gasteiger partial charge in [-0.1, -0.05) is 24.3 Å². The normalized spacial score (nSPS) is 10.6. The average molecular weight is 287 g/mol. The Morgan fingerprint density at radius 2 is 1.81 bits per heavy atom. The molecule has 0 aliphatic carbocycles. The third kappa shape index (κ3) is 5.19. The van der Waals surface area contributed by atoms with Crippen LogP contribution in [-0.2, 0) is 17.9 Å². The fraction of sp³-hybridized carbons (Fsp3) is 0.294. The molecule has 0 amide bonds. The van der Waals surface area contributed by atoms with E-state index in [1.165, 1.54) is 5.56 Å². The molecule has 0 aliphatic rings. The fourth-order valence-electron chi connectivity index (χ4n) is 1.93. The molecule has 0 aliphatic heterocycles. The summed E-state index contributed by atoms with van der Waals surface area (Å²) in [5, 5.41) is 12.4. The Morgan fingerprint density at radius 1 is 1.00 bits per heavy atom. The van der Waals surface area contributed by atoms with Crippen LogP contribution in [0.25, 0.3) is 0 Å². The molecule has 2 rings (SSSR count). The van der Waals surface area contributed by atoms with Gasteiger partial charge in [0.1, 0.15) is 11.5 Å². The number of methoxy groups -OCH3 is 1. The van der Waals surface area contributed by atoms with Crippen LogP contribution in [0.5, 0.6) is 11.5 Å². The standard InChI is InChI=1S/C17H21NO3/c1-20-10-9-18-12-14-5-7-16(8-6-14)21-17-4-2-3-15(11-17)13-19/h2-8,11,18-19H,9-10,12-13H2,1H3. The Balaban J connectivity index is 1.89. The number of ether oxygens (including phenoxy) is 2. The van der Waals surface area contributed by atoms with E-state index in [1.54, 1.807) is 7.11 Å². The zero-order valence-electron chi connectivity index (χ0n) is 12.2. The molecule has 0 bridgehead atoms. The molecule has 2 aromatic rings. The van der Waals surface area contributed by atoms with Gasteiger partial charge in [-0.3, -0.25) is 0 Å². The molecule has 0 saturated heterocycles. The molecule has 2 aromatic carbocycles. The lowest BCUT2D eigenvalue weighted by Crippen LogP contribution is -2.18. The van der Waals surface area contributed by atoms with Gasteiger partial charge < -0.3 is 19.9 Å². The molecule has 0 fully saturated rings. The van der Waals surface area contributed by atoms with E-state index < -0.39 is 0 Å². The summed E-state index contributed by atoms with van der Waals surface area (Å²) in [6, 6.07) is 15.4. The van der Waals surface area contributed by atoms with Crippen molar-refractivity contribution in [1.82, 2.24) is 5.32 Å². The van der Waals surface area contributed by atoms with Crippen molar-refractivity contribution in [1.29, 1.82) is 0 Å². The van der Waals surface area contributed by atoms with E-state index >= 15 is 0 Å². The number of aliphatic hydroxyl groups is 1. The minimum atomic E-state index is 0.0171. The third-order valence-electron chi connectivity index (χ3n) is 3.05. The van der Waals surface area contributed by atoms with Crippen molar-refractivity contribution in [3.05, 3.63) is 59.7 Å². The first-order valence-corrected chi connectivity index (χ1v) is 6.98. The van der Waals surface area contributed by atoms with Gasteiger partial charge in [-0.15, -0.1) is 0 Å². The van der Waals surface area contributed by atoms with E-state index in [0.29, 0.717) is 6.61 Å². The Bertz CT molecular complexity index is 540. The van der Waals surface area contributed by atoms with Crippen LogP contribution in [-0.4, -0.2) is 25.4 Å². The Morgan fingerprint density at radius 3 is 2.52 bits per heavy atom. The maximum Gasteiger partial charge on any atom is 0.127 e. The second kappa shape index (κ2) is 8.42. The molecule has 0 radical (unpaired) electrons. The van der Waals surface area contributed by atoms with E-state index in [2.05, 4.69) is 5.32 Å².